The Balaban J connectivity index is 2.14. The molecule has 1 aromatic heterocycles. The van der Waals surface area contributed by atoms with Gasteiger partial charge in [0.2, 0.25) is 0 Å². The zero-order chi connectivity index (χ0) is 13.7. The lowest BCUT2D eigenvalue weighted by Gasteiger charge is -2.21. The number of imidazole rings is 1. The number of aryl methyl sites for hydroxylation is 1. The molecule has 0 amide bonds. The average molecular weight is 263 g/mol. The molecule has 2 N–H and O–H groups in total. The largest absolute Gasteiger partial charge is 0.384 e. The topological polar surface area (TPSA) is 43.8 Å². The fourth-order valence-electron chi connectivity index (χ4n) is 3.27. The highest BCUT2D eigenvalue weighted by Gasteiger charge is 2.23. The molecule has 0 aromatic carbocycles. The molecule has 108 valence electrons. The van der Waals surface area contributed by atoms with Gasteiger partial charge >= 0.3 is 0 Å². The predicted octanol–water partition coefficient (Wildman–Crippen LogP) is 4.27. The van der Waals surface area contributed by atoms with Gasteiger partial charge in [0.05, 0.1) is 5.69 Å². The molecule has 0 bridgehead atoms. The van der Waals surface area contributed by atoms with Crippen molar-refractivity contribution in [2.75, 3.05) is 5.73 Å². The Kier molecular flexibility index (Phi) is 5.29. The molecule has 1 aromatic rings. The zero-order valence-corrected chi connectivity index (χ0v) is 12.6. The van der Waals surface area contributed by atoms with E-state index in [-0.39, 0.29) is 0 Å². The Morgan fingerprint density at radius 3 is 2.53 bits per heavy atom. The molecule has 0 saturated heterocycles. The van der Waals surface area contributed by atoms with Crippen LogP contribution in [0.3, 0.4) is 0 Å². The van der Waals surface area contributed by atoms with Crippen molar-refractivity contribution >= 4 is 5.82 Å². The number of hydrogen-bond donors (Lipinski definition) is 1. The lowest BCUT2D eigenvalue weighted by molar-refractivity contribution is 0.417. The number of nitrogen functional groups attached to an aromatic ring is 1. The number of nitrogens with two attached hydrogens (primary N) is 1. The van der Waals surface area contributed by atoms with E-state index in [0.29, 0.717) is 5.92 Å². The van der Waals surface area contributed by atoms with Gasteiger partial charge in [0.25, 0.3) is 0 Å². The minimum Gasteiger partial charge on any atom is -0.384 e. The first-order valence-electron chi connectivity index (χ1n) is 8.12. The molecule has 0 aliphatic heterocycles. The fourth-order valence-corrected chi connectivity index (χ4v) is 3.27. The number of rotatable bonds is 6. The van der Waals surface area contributed by atoms with Crippen LogP contribution in [0.1, 0.15) is 82.7 Å². The van der Waals surface area contributed by atoms with Crippen molar-refractivity contribution in [1.82, 2.24) is 9.55 Å². The van der Waals surface area contributed by atoms with Gasteiger partial charge in [0, 0.05) is 12.5 Å². The van der Waals surface area contributed by atoms with Crippen LogP contribution in [-0.4, -0.2) is 9.55 Å². The van der Waals surface area contributed by atoms with E-state index in [1.54, 1.807) is 0 Å². The van der Waals surface area contributed by atoms with E-state index in [4.69, 9.17) is 10.7 Å². The Bertz CT molecular complexity index is 389. The third kappa shape index (κ3) is 3.31. The Labute approximate surface area is 117 Å². The first-order chi connectivity index (χ1) is 9.27. The molecule has 2 rings (SSSR count). The van der Waals surface area contributed by atoms with Gasteiger partial charge in [-0.1, -0.05) is 39.0 Å². The Hall–Kier alpha value is -0.990. The summed E-state index contributed by atoms with van der Waals surface area (Å²) in [5, 5.41) is 0. The first kappa shape index (κ1) is 14.4. The summed E-state index contributed by atoms with van der Waals surface area (Å²) in [7, 11) is 0. The summed E-state index contributed by atoms with van der Waals surface area (Å²) in [5.41, 5.74) is 7.45. The van der Waals surface area contributed by atoms with E-state index in [0.717, 1.165) is 24.5 Å². The molecular formula is C16H29N3. The van der Waals surface area contributed by atoms with Crippen LogP contribution in [0.25, 0.3) is 0 Å². The molecule has 0 unspecified atom stereocenters. The highest BCUT2D eigenvalue weighted by atomic mass is 15.1. The van der Waals surface area contributed by atoms with Gasteiger partial charge in [-0.25, -0.2) is 4.98 Å². The Morgan fingerprint density at radius 2 is 1.89 bits per heavy atom. The summed E-state index contributed by atoms with van der Waals surface area (Å²) in [6.45, 7) is 5.38. The van der Waals surface area contributed by atoms with Crippen LogP contribution < -0.4 is 5.73 Å². The fraction of sp³-hybridized carbons (Fsp3) is 0.812. The van der Waals surface area contributed by atoms with Gasteiger partial charge in [0.1, 0.15) is 11.6 Å². The highest BCUT2D eigenvalue weighted by Crippen LogP contribution is 2.34. The zero-order valence-electron chi connectivity index (χ0n) is 12.6. The van der Waals surface area contributed by atoms with Crippen molar-refractivity contribution in [3.8, 4) is 0 Å². The molecule has 1 heterocycles. The second kappa shape index (κ2) is 6.97. The van der Waals surface area contributed by atoms with Gasteiger partial charge < -0.3 is 10.3 Å². The minimum atomic E-state index is 0.649. The summed E-state index contributed by atoms with van der Waals surface area (Å²) in [6, 6.07) is 0. The first-order valence-corrected chi connectivity index (χ1v) is 8.12. The van der Waals surface area contributed by atoms with Gasteiger partial charge in [-0.05, 0) is 32.6 Å². The highest BCUT2D eigenvalue weighted by molar-refractivity contribution is 5.39. The second-order valence-corrected chi connectivity index (χ2v) is 5.84. The lowest BCUT2D eigenvalue weighted by Crippen LogP contribution is -2.12. The SMILES string of the molecule is CCCCCc1nc(C2CCCCC2)n(CC)c1N. The average Bonchev–Trinajstić information content (AvgIpc) is 2.77. The normalized spacial score (nSPS) is 16.9. The van der Waals surface area contributed by atoms with Gasteiger partial charge in [-0.3, -0.25) is 0 Å². The van der Waals surface area contributed by atoms with Crippen molar-refractivity contribution in [3.05, 3.63) is 11.5 Å². The quantitative estimate of drug-likeness (QED) is 0.779. The van der Waals surface area contributed by atoms with Crippen LogP contribution >= 0.6 is 0 Å². The molecule has 0 atom stereocenters. The molecule has 1 aliphatic carbocycles. The van der Waals surface area contributed by atoms with Crippen LogP contribution in [0.2, 0.25) is 0 Å². The number of aromatic nitrogens is 2. The molecule has 0 radical (unpaired) electrons. The number of nitrogens with zero attached hydrogens (tertiary/aromatic N) is 2. The molecule has 1 aliphatic rings. The van der Waals surface area contributed by atoms with Crippen molar-refractivity contribution in [2.24, 2.45) is 0 Å². The summed E-state index contributed by atoms with van der Waals surface area (Å²) in [5.74, 6) is 2.85. The van der Waals surface area contributed by atoms with Crippen LogP contribution in [0.15, 0.2) is 0 Å². The maximum absolute atomic E-state index is 6.30. The predicted molar refractivity (Wildman–Crippen MR) is 81.4 cm³/mol. The maximum atomic E-state index is 6.30. The second-order valence-electron chi connectivity index (χ2n) is 5.84. The summed E-state index contributed by atoms with van der Waals surface area (Å²) in [4.78, 5) is 4.91. The smallest absolute Gasteiger partial charge is 0.126 e. The van der Waals surface area contributed by atoms with E-state index in [1.165, 1.54) is 57.2 Å². The molecule has 1 saturated carbocycles. The van der Waals surface area contributed by atoms with Gasteiger partial charge in [-0.2, -0.15) is 0 Å². The molecule has 1 fully saturated rings. The van der Waals surface area contributed by atoms with Crippen LogP contribution in [-0.2, 0) is 13.0 Å². The van der Waals surface area contributed by atoms with Crippen molar-refractivity contribution in [2.45, 2.75) is 84.1 Å². The van der Waals surface area contributed by atoms with E-state index in [2.05, 4.69) is 18.4 Å². The van der Waals surface area contributed by atoms with Crippen molar-refractivity contribution in [3.63, 3.8) is 0 Å². The molecular weight excluding hydrogens is 234 g/mol. The summed E-state index contributed by atoms with van der Waals surface area (Å²) in [6.07, 6.45) is 11.5. The van der Waals surface area contributed by atoms with E-state index in [9.17, 15) is 0 Å². The van der Waals surface area contributed by atoms with Gasteiger partial charge in [-0.15, -0.1) is 0 Å². The van der Waals surface area contributed by atoms with Crippen LogP contribution in [0, 0.1) is 0 Å². The van der Waals surface area contributed by atoms with Crippen molar-refractivity contribution < 1.29 is 0 Å². The lowest BCUT2D eigenvalue weighted by atomic mass is 9.88. The molecule has 3 nitrogen and oxygen atoms in total. The van der Waals surface area contributed by atoms with E-state index in [1.807, 2.05) is 0 Å². The van der Waals surface area contributed by atoms with Crippen LogP contribution in [0.5, 0.6) is 0 Å². The Morgan fingerprint density at radius 1 is 1.16 bits per heavy atom. The minimum absolute atomic E-state index is 0.649. The molecule has 0 spiro atoms. The number of unbranched alkanes of at least 4 members (excludes halogenated alkanes) is 2. The summed E-state index contributed by atoms with van der Waals surface area (Å²) >= 11 is 0. The summed E-state index contributed by atoms with van der Waals surface area (Å²) < 4.78 is 2.26. The third-order valence-corrected chi connectivity index (χ3v) is 4.42. The van der Waals surface area contributed by atoms with Crippen LogP contribution in [0.4, 0.5) is 5.82 Å². The third-order valence-electron chi connectivity index (χ3n) is 4.42. The van der Waals surface area contributed by atoms with E-state index < -0.39 is 0 Å². The van der Waals surface area contributed by atoms with Crippen molar-refractivity contribution in [1.29, 1.82) is 0 Å². The number of anilines is 1. The standard InChI is InChI=1S/C16H29N3/c1-3-5-7-12-14-15(17)19(4-2)16(18-14)13-10-8-6-9-11-13/h13H,3-12,17H2,1-2H3. The maximum Gasteiger partial charge on any atom is 0.126 e. The molecule has 3 heteroatoms. The van der Waals surface area contributed by atoms with E-state index >= 15 is 0 Å². The monoisotopic (exact) mass is 263 g/mol. The number of hydrogen-bond acceptors (Lipinski definition) is 2. The molecule has 19 heavy (non-hydrogen) atoms. The van der Waals surface area contributed by atoms with Gasteiger partial charge in [0.15, 0.2) is 0 Å².